The predicted octanol–water partition coefficient (Wildman–Crippen LogP) is 0.691. The van der Waals surface area contributed by atoms with Crippen LogP contribution in [0.25, 0.3) is 0 Å². The Morgan fingerprint density at radius 3 is 3.11 bits per heavy atom. The fraction of sp³-hybridized carbons (Fsp3) is 0.583. The number of hydrogen-bond donors (Lipinski definition) is 3. The van der Waals surface area contributed by atoms with Crippen LogP contribution in [0, 0.1) is 11.8 Å². The third kappa shape index (κ3) is 2.86. The van der Waals surface area contributed by atoms with Crippen molar-refractivity contribution in [2.75, 3.05) is 19.0 Å². The van der Waals surface area contributed by atoms with Crippen LogP contribution in [0.1, 0.15) is 19.3 Å². The molecule has 0 aliphatic heterocycles. The monoisotopic (exact) mass is 267 g/mol. The van der Waals surface area contributed by atoms with E-state index in [9.17, 15) is 9.59 Å². The van der Waals surface area contributed by atoms with Crippen molar-refractivity contribution in [3.63, 3.8) is 0 Å². The van der Waals surface area contributed by atoms with E-state index in [2.05, 4.69) is 15.3 Å². The molecule has 19 heavy (non-hydrogen) atoms. The minimum atomic E-state index is -0.755. The number of methoxy groups -OCH3 is 1. The van der Waals surface area contributed by atoms with Crippen molar-refractivity contribution in [3.8, 4) is 5.75 Å². The van der Waals surface area contributed by atoms with E-state index in [-0.39, 0.29) is 23.1 Å². The van der Waals surface area contributed by atoms with Crippen molar-refractivity contribution < 1.29 is 14.6 Å². The first-order valence-corrected chi connectivity index (χ1v) is 6.22. The quantitative estimate of drug-likeness (QED) is 0.725. The second kappa shape index (κ2) is 5.73. The van der Waals surface area contributed by atoms with Gasteiger partial charge in [-0.2, -0.15) is 0 Å². The van der Waals surface area contributed by atoms with E-state index >= 15 is 0 Å². The van der Waals surface area contributed by atoms with Gasteiger partial charge in [-0.15, -0.1) is 0 Å². The molecule has 0 saturated heterocycles. The first-order chi connectivity index (χ1) is 9.13. The zero-order chi connectivity index (χ0) is 13.8. The molecule has 1 fully saturated rings. The summed E-state index contributed by atoms with van der Waals surface area (Å²) in [6.07, 6.45) is 3.79. The van der Waals surface area contributed by atoms with Crippen molar-refractivity contribution in [1.29, 1.82) is 0 Å². The molecule has 0 spiro atoms. The summed E-state index contributed by atoms with van der Waals surface area (Å²) in [5, 5.41) is 12.1. The average Bonchev–Trinajstić information content (AvgIpc) is 2.84. The zero-order valence-electron chi connectivity index (χ0n) is 10.7. The Hall–Kier alpha value is -2.05. The van der Waals surface area contributed by atoms with Gasteiger partial charge in [0.2, 0.25) is 5.75 Å². The summed E-state index contributed by atoms with van der Waals surface area (Å²) < 4.78 is 4.98. The number of aromatic amines is 1. The number of rotatable bonds is 5. The number of anilines is 1. The Kier molecular flexibility index (Phi) is 4.03. The number of ether oxygens (including phenoxy) is 1. The van der Waals surface area contributed by atoms with Gasteiger partial charge >= 0.3 is 5.97 Å². The van der Waals surface area contributed by atoms with E-state index in [0.29, 0.717) is 18.8 Å². The van der Waals surface area contributed by atoms with Gasteiger partial charge in [-0.25, -0.2) is 4.98 Å². The molecular formula is C12H17N3O4. The van der Waals surface area contributed by atoms with Gasteiger partial charge in [-0.3, -0.25) is 9.59 Å². The molecular weight excluding hydrogens is 250 g/mol. The van der Waals surface area contributed by atoms with E-state index < -0.39 is 5.97 Å². The maximum Gasteiger partial charge on any atom is 0.306 e. The number of carbonyl (C=O) groups is 1. The Morgan fingerprint density at radius 2 is 2.42 bits per heavy atom. The van der Waals surface area contributed by atoms with E-state index in [4.69, 9.17) is 9.84 Å². The lowest BCUT2D eigenvalue weighted by molar-refractivity contribution is -0.142. The minimum Gasteiger partial charge on any atom is -0.489 e. The molecule has 1 aliphatic rings. The van der Waals surface area contributed by atoms with Gasteiger partial charge in [0.1, 0.15) is 0 Å². The molecule has 1 heterocycles. The summed E-state index contributed by atoms with van der Waals surface area (Å²) in [4.78, 5) is 29.0. The minimum absolute atomic E-state index is 0.0586. The first kappa shape index (κ1) is 13.4. The maximum absolute atomic E-state index is 11.5. The number of nitrogens with one attached hydrogen (secondary N) is 2. The van der Waals surface area contributed by atoms with Gasteiger partial charge in [-0.1, -0.05) is 6.42 Å². The summed E-state index contributed by atoms with van der Waals surface area (Å²) in [5.41, 5.74) is -0.360. The smallest absolute Gasteiger partial charge is 0.306 e. The summed E-state index contributed by atoms with van der Waals surface area (Å²) in [6.45, 7) is 0.476. The Morgan fingerprint density at radius 1 is 1.63 bits per heavy atom. The van der Waals surface area contributed by atoms with Crippen LogP contribution in [0.3, 0.4) is 0 Å². The molecule has 0 radical (unpaired) electrons. The van der Waals surface area contributed by atoms with Gasteiger partial charge in [0.25, 0.3) is 5.56 Å². The molecule has 104 valence electrons. The SMILES string of the molecule is COc1c(NCC2CCCC2C(=O)O)nc[nH]c1=O. The van der Waals surface area contributed by atoms with Crippen LogP contribution in [0.15, 0.2) is 11.1 Å². The summed E-state index contributed by atoms with van der Waals surface area (Å²) in [5.74, 6) is -0.548. The highest BCUT2D eigenvalue weighted by atomic mass is 16.5. The van der Waals surface area contributed by atoms with E-state index in [1.54, 1.807) is 0 Å². The number of aromatic nitrogens is 2. The molecule has 2 unspecified atom stereocenters. The van der Waals surface area contributed by atoms with Crippen LogP contribution in [0.2, 0.25) is 0 Å². The largest absolute Gasteiger partial charge is 0.489 e. The number of nitrogens with zero attached hydrogens (tertiary/aromatic N) is 1. The van der Waals surface area contributed by atoms with Crippen molar-refractivity contribution in [2.24, 2.45) is 11.8 Å². The molecule has 1 saturated carbocycles. The molecule has 1 aliphatic carbocycles. The molecule has 0 bridgehead atoms. The fourth-order valence-corrected chi connectivity index (χ4v) is 2.54. The lowest BCUT2D eigenvalue weighted by Gasteiger charge is -2.17. The molecule has 2 rings (SSSR count). The number of H-pyrrole nitrogens is 1. The van der Waals surface area contributed by atoms with Crippen LogP contribution in [-0.2, 0) is 4.79 Å². The molecule has 3 N–H and O–H groups in total. The van der Waals surface area contributed by atoms with Gasteiger partial charge in [0.05, 0.1) is 19.4 Å². The summed E-state index contributed by atoms with van der Waals surface area (Å²) >= 11 is 0. The number of carboxylic acids is 1. The average molecular weight is 267 g/mol. The Balaban J connectivity index is 2.05. The summed E-state index contributed by atoms with van der Waals surface area (Å²) in [6, 6.07) is 0. The molecule has 2 atom stereocenters. The van der Waals surface area contributed by atoms with E-state index in [1.807, 2.05) is 0 Å². The normalized spacial score (nSPS) is 22.2. The molecule has 7 nitrogen and oxygen atoms in total. The third-order valence-corrected chi connectivity index (χ3v) is 3.52. The van der Waals surface area contributed by atoms with Crippen LogP contribution in [0.5, 0.6) is 5.75 Å². The van der Waals surface area contributed by atoms with Crippen molar-refractivity contribution in [1.82, 2.24) is 9.97 Å². The van der Waals surface area contributed by atoms with E-state index in [0.717, 1.165) is 12.8 Å². The molecule has 0 aromatic carbocycles. The van der Waals surface area contributed by atoms with E-state index in [1.165, 1.54) is 13.4 Å². The van der Waals surface area contributed by atoms with Crippen molar-refractivity contribution in [3.05, 3.63) is 16.7 Å². The second-order valence-corrected chi connectivity index (χ2v) is 4.63. The highest BCUT2D eigenvalue weighted by molar-refractivity contribution is 5.70. The molecule has 1 aromatic rings. The first-order valence-electron chi connectivity index (χ1n) is 6.22. The number of carboxylic acid groups (broad SMARTS) is 1. The second-order valence-electron chi connectivity index (χ2n) is 4.63. The predicted molar refractivity (Wildman–Crippen MR) is 68.4 cm³/mol. The molecule has 7 heteroatoms. The Labute approximate surface area is 110 Å². The van der Waals surface area contributed by atoms with Crippen molar-refractivity contribution >= 4 is 11.8 Å². The number of aliphatic carboxylic acids is 1. The van der Waals surface area contributed by atoms with Gasteiger partial charge in [0.15, 0.2) is 5.82 Å². The molecule has 1 aromatic heterocycles. The Bertz CT molecular complexity index is 514. The van der Waals surface area contributed by atoms with Crippen LogP contribution in [-0.4, -0.2) is 34.7 Å². The van der Waals surface area contributed by atoms with Crippen LogP contribution in [0.4, 0.5) is 5.82 Å². The molecule has 0 amide bonds. The lowest BCUT2D eigenvalue weighted by atomic mass is 9.96. The van der Waals surface area contributed by atoms with Crippen molar-refractivity contribution in [2.45, 2.75) is 19.3 Å². The highest BCUT2D eigenvalue weighted by Gasteiger charge is 2.32. The topological polar surface area (TPSA) is 104 Å². The summed E-state index contributed by atoms with van der Waals surface area (Å²) in [7, 11) is 1.40. The van der Waals surface area contributed by atoms with Gasteiger partial charge in [-0.05, 0) is 18.8 Å². The number of hydrogen-bond acceptors (Lipinski definition) is 5. The van der Waals surface area contributed by atoms with Crippen LogP contribution >= 0.6 is 0 Å². The lowest BCUT2D eigenvalue weighted by Crippen LogP contribution is -2.25. The third-order valence-electron chi connectivity index (χ3n) is 3.52. The highest BCUT2D eigenvalue weighted by Crippen LogP contribution is 2.32. The van der Waals surface area contributed by atoms with Gasteiger partial charge < -0.3 is 20.1 Å². The standard InChI is InChI=1S/C12H17N3O4/c1-19-9-10(14-6-15-11(9)16)13-5-7-3-2-4-8(7)12(17)18/h6-8H,2-5H2,1H3,(H,17,18)(H2,13,14,15,16). The zero-order valence-corrected chi connectivity index (χ0v) is 10.7. The van der Waals surface area contributed by atoms with Crippen LogP contribution < -0.4 is 15.6 Å². The fourth-order valence-electron chi connectivity index (χ4n) is 2.54. The van der Waals surface area contributed by atoms with Gasteiger partial charge in [0, 0.05) is 6.54 Å². The maximum atomic E-state index is 11.5.